The Hall–Kier alpha value is -2.10. The van der Waals surface area contributed by atoms with Crippen molar-refractivity contribution in [3.05, 3.63) is 29.8 Å². The van der Waals surface area contributed by atoms with Gasteiger partial charge < -0.3 is 19.5 Å². The van der Waals surface area contributed by atoms with Crippen molar-refractivity contribution in [1.82, 2.24) is 5.32 Å². The molecule has 22 heavy (non-hydrogen) atoms. The fraction of sp³-hybridized carbons (Fsp3) is 0.500. The predicted octanol–water partition coefficient (Wildman–Crippen LogP) is 1.49. The highest BCUT2D eigenvalue weighted by molar-refractivity contribution is 5.70. The molecule has 0 aliphatic rings. The number of esters is 1. The van der Waals surface area contributed by atoms with Crippen molar-refractivity contribution in [2.45, 2.75) is 18.9 Å². The van der Waals surface area contributed by atoms with Gasteiger partial charge in [0.05, 0.1) is 31.8 Å². The molecule has 0 saturated heterocycles. The minimum Gasteiger partial charge on any atom is -0.492 e. The van der Waals surface area contributed by atoms with Crippen LogP contribution in [0, 0.1) is 11.3 Å². The summed E-state index contributed by atoms with van der Waals surface area (Å²) < 4.78 is 15.4. The van der Waals surface area contributed by atoms with Crippen LogP contribution in [0.2, 0.25) is 0 Å². The van der Waals surface area contributed by atoms with Crippen molar-refractivity contribution in [3.63, 3.8) is 0 Å². The van der Waals surface area contributed by atoms with Crippen molar-refractivity contribution in [2.24, 2.45) is 0 Å². The molecule has 1 aromatic carbocycles. The number of hydrogen-bond donors (Lipinski definition) is 1. The van der Waals surface area contributed by atoms with E-state index in [1.54, 1.807) is 31.4 Å². The van der Waals surface area contributed by atoms with Gasteiger partial charge >= 0.3 is 5.97 Å². The summed E-state index contributed by atoms with van der Waals surface area (Å²) in [6, 6.07) is 9.03. The molecule has 120 valence electrons. The first kappa shape index (κ1) is 18.0. The lowest BCUT2D eigenvalue weighted by Crippen LogP contribution is -2.49. The third-order valence-electron chi connectivity index (χ3n) is 3.11. The topological polar surface area (TPSA) is 80.6 Å². The van der Waals surface area contributed by atoms with E-state index in [-0.39, 0.29) is 12.4 Å². The van der Waals surface area contributed by atoms with E-state index in [0.717, 1.165) is 0 Å². The second-order valence-corrected chi connectivity index (χ2v) is 5.16. The molecule has 0 aliphatic carbocycles. The number of nitriles is 1. The van der Waals surface area contributed by atoms with Gasteiger partial charge in [-0.15, -0.1) is 0 Å². The molecule has 0 saturated carbocycles. The lowest BCUT2D eigenvalue weighted by atomic mass is 9.99. The van der Waals surface area contributed by atoms with Crippen LogP contribution in [0.3, 0.4) is 0 Å². The quantitative estimate of drug-likeness (QED) is 0.550. The van der Waals surface area contributed by atoms with Crippen LogP contribution in [0.5, 0.6) is 5.75 Å². The van der Waals surface area contributed by atoms with Crippen LogP contribution >= 0.6 is 0 Å². The Morgan fingerprint density at radius 2 is 2.18 bits per heavy atom. The van der Waals surface area contributed by atoms with Gasteiger partial charge in [-0.1, -0.05) is 6.07 Å². The summed E-state index contributed by atoms with van der Waals surface area (Å²) in [5.41, 5.74) is 0.0417. The maximum absolute atomic E-state index is 11.4. The number of rotatable bonds is 9. The van der Waals surface area contributed by atoms with Crippen molar-refractivity contribution < 1.29 is 19.0 Å². The van der Waals surface area contributed by atoms with Crippen molar-refractivity contribution in [1.29, 1.82) is 5.26 Å². The van der Waals surface area contributed by atoms with Gasteiger partial charge in [0.15, 0.2) is 0 Å². The van der Waals surface area contributed by atoms with E-state index in [9.17, 15) is 4.79 Å². The molecule has 0 spiro atoms. The molecule has 0 unspecified atom stereocenters. The highest BCUT2D eigenvalue weighted by Gasteiger charge is 2.27. The molecule has 6 nitrogen and oxygen atoms in total. The Morgan fingerprint density at radius 1 is 1.41 bits per heavy atom. The number of ether oxygens (including phenoxy) is 3. The van der Waals surface area contributed by atoms with Crippen LogP contribution in [0.15, 0.2) is 24.3 Å². The van der Waals surface area contributed by atoms with E-state index < -0.39 is 5.54 Å². The third-order valence-corrected chi connectivity index (χ3v) is 3.11. The molecule has 0 amide bonds. The van der Waals surface area contributed by atoms with Gasteiger partial charge in [0, 0.05) is 19.2 Å². The Morgan fingerprint density at radius 3 is 2.82 bits per heavy atom. The molecule has 0 radical (unpaired) electrons. The van der Waals surface area contributed by atoms with Gasteiger partial charge in [-0.05, 0) is 25.1 Å². The fourth-order valence-corrected chi connectivity index (χ4v) is 2.05. The molecule has 0 aromatic heterocycles. The van der Waals surface area contributed by atoms with Gasteiger partial charge in [0.25, 0.3) is 0 Å². The molecule has 0 aliphatic heterocycles. The van der Waals surface area contributed by atoms with E-state index in [0.29, 0.717) is 31.1 Å². The Kier molecular flexibility index (Phi) is 7.37. The SMILES string of the molecule is COC[C@](C)(CC(=O)OC)NCCOc1cccc(C#N)c1. The fourth-order valence-electron chi connectivity index (χ4n) is 2.05. The molecule has 1 atom stereocenters. The van der Waals surface area contributed by atoms with E-state index in [4.69, 9.17) is 19.5 Å². The van der Waals surface area contributed by atoms with E-state index in [2.05, 4.69) is 11.4 Å². The van der Waals surface area contributed by atoms with Crippen molar-refractivity contribution in [2.75, 3.05) is 34.0 Å². The summed E-state index contributed by atoms with van der Waals surface area (Å²) in [6.45, 7) is 3.22. The second-order valence-electron chi connectivity index (χ2n) is 5.16. The monoisotopic (exact) mass is 306 g/mol. The first-order chi connectivity index (χ1) is 10.5. The number of carbonyl (C=O) groups excluding carboxylic acids is 1. The van der Waals surface area contributed by atoms with Gasteiger partial charge in [0.2, 0.25) is 0 Å². The zero-order valence-corrected chi connectivity index (χ0v) is 13.2. The van der Waals surface area contributed by atoms with Crippen LogP contribution < -0.4 is 10.1 Å². The number of benzene rings is 1. The van der Waals surface area contributed by atoms with Gasteiger partial charge in [0.1, 0.15) is 12.4 Å². The van der Waals surface area contributed by atoms with Crippen molar-refractivity contribution >= 4 is 5.97 Å². The number of hydrogen-bond acceptors (Lipinski definition) is 6. The Balaban J connectivity index is 2.45. The largest absolute Gasteiger partial charge is 0.492 e. The molecule has 0 fully saturated rings. The van der Waals surface area contributed by atoms with Crippen LogP contribution in [-0.4, -0.2) is 45.5 Å². The molecule has 6 heteroatoms. The van der Waals surface area contributed by atoms with Crippen LogP contribution in [0.25, 0.3) is 0 Å². The average Bonchev–Trinajstić information content (AvgIpc) is 2.52. The third kappa shape index (κ3) is 6.12. The number of carbonyl (C=O) groups is 1. The molecule has 1 N–H and O–H groups in total. The summed E-state index contributed by atoms with van der Waals surface area (Å²) in [7, 11) is 2.95. The number of methoxy groups -OCH3 is 2. The molecule has 1 aromatic rings. The van der Waals surface area contributed by atoms with Gasteiger partial charge in [-0.3, -0.25) is 4.79 Å². The summed E-state index contributed by atoms with van der Waals surface area (Å²) in [4.78, 5) is 11.4. The first-order valence-corrected chi connectivity index (χ1v) is 6.97. The first-order valence-electron chi connectivity index (χ1n) is 6.97. The minimum absolute atomic E-state index is 0.210. The normalized spacial score (nSPS) is 13.0. The van der Waals surface area contributed by atoms with Crippen LogP contribution in [-0.2, 0) is 14.3 Å². The van der Waals surface area contributed by atoms with Crippen LogP contribution in [0.4, 0.5) is 0 Å². The van der Waals surface area contributed by atoms with Crippen LogP contribution in [0.1, 0.15) is 18.9 Å². The molecular formula is C16H22N2O4. The summed E-state index contributed by atoms with van der Waals surface area (Å²) in [6.07, 6.45) is 0.210. The van der Waals surface area contributed by atoms with Crippen molar-refractivity contribution in [3.8, 4) is 11.8 Å². The van der Waals surface area contributed by atoms with Gasteiger partial charge in [-0.25, -0.2) is 0 Å². The number of nitrogens with one attached hydrogen (secondary N) is 1. The standard InChI is InChI=1S/C16H22N2O4/c1-16(12-20-2,10-15(19)21-3)18-7-8-22-14-6-4-5-13(9-14)11-17/h4-6,9,18H,7-8,10,12H2,1-3H3/t16-/m0/s1. The van der Waals surface area contributed by atoms with E-state index >= 15 is 0 Å². The summed E-state index contributed by atoms with van der Waals surface area (Å²) in [5.74, 6) is 0.344. The molecule has 0 heterocycles. The molecule has 0 bridgehead atoms. The lowest BCUT2D eigenvalue weighted by Gasteiger charge is -2.29. The highest BCUT2D eigenvalue weighted by Crippen LogP contribution is 2.13. The number of nitrogens with zero attached hydrogens (tertiary/aromatic N) is 1. The zero-order chi connectivity index (χ0) is 16.4. The highest BCUT2D eigenvalue weighted by atomic mass is 16.5. The summed E-state index contributed by atoms with van der Waals surface area (Å²) in [5, 5.41) is 12.1. The summed E-state index contributed by atoms with van der Waals surface area (Å²) >= 11 is 0. The van der Waals surface area contributed by atoms with Gasteiger partial charge in [-0.2, -0.15) is 5.26 Å². The average molecular weight is 306 g/mol. The lowest BCUT2D eigenvalue weighted by molar-refractivity contribution is -0.142. The maximum atomic E-state index is 11.4. The minimum atomic E-state index is -0.514. The second kappa shape index (κ2) is 9.03. The zero-order valence-electron chi connectivity index (χ0n) is 13.2. The Bertz CT molecular complexity index is 527. The smallest absolute Gasteiger partial charge is 0.307 e. The molecule has 1 rings (SSSR count). The maximum Gasteiger partial charge on any atom is 0.307 e. The molecular weight excluding hydrogens is 284 g/mol. The van der Waals surface area contributed by atoms with E-state index in [1.807, 2.05) is 6.92 Å². The van der Waals surface area contributed by atoms with E-state index in [1.165, 1.54) is 7.11 Å². The predicted molar refractivity (Wildman–Crippen MR) is 81.6 cm³/mol. The Labute approximate surface area is 131 Å².